The second-order valence-electron chi connectivity index (χ2n) is 26.3. The van der Waals surface area contributed by atoms with Crippen LogP contribution in [0, 0.1) is 11.3 Å². The molecule has 9 N–H and O–H groups in total. The topological polar surface area (TPSA) is 427 Å². The van der Waals surface area contributed by atoms with Crippen LogP contribution in [0.2, 0.25) is 0 Å². The first kappa shape index (κ1) is 74.3. The van der Waals surface area contributed by atoms with E-state index in [2.05, 4.69) is 26.2 Å². The number of phenols is 2. The number of amides is 8. The summed E-state index contributed by atoms with van der Waals surface area (Å²) in [7, 11) is 2.88. The van der Waals surface area contributed by atoms with Gasteiger partial charge in [0, 0.05) is 119 Å². The maximum Gasteiger partial charge on any atom is 0.410 e. The van der Waals surface area contributed by atoms with Crippen LogP contribution < -0.4 is 26.0 Å². The third-order valence-corrected chi connectivity index (χ3v) is 19.2. The molecular weight excluding hydrogens is 1320 g/mol. The van der Waals surface area contributed by atoms with Gasteiger partial charge in [-0.05, 0) is 69.2 Å². The van der Waals surface area contributed by atoms with Gasteiger partial charge in [-0.25, -0.2) is 9.59 Å². The Morgan fingerprint density at radius 2 is 1.49 bits per heavy atom. The number of hydrogen-bond acceptors (Lipinski definition) is 24. The molecular formula is C69H85N9O23. The van der Waals surface area contributed by atoms with Gasteiger partial charge in [0.15, 0.2) is 31.2 Å². The van der Waals surface area contributed by atoms with Crippen molar-refractivity contribution in [3.05, 3.63) is 93.6 Å². The molecule has 8 amide bonds. The lowest BCUT2D eigenvalue weighted by Crippen LogP contribution is -2.57. The first-order chi connectivity index (χ1) is 48.2. The molecule has 2 aliphatic carbocycles. The van der Waals surface area contributed by atoms with Crippen molar-refractivity contribution in [3.63, 3.8) is 0 Å². The molecule has 0 spiro atoms. The Kier molecular flexibility index (Phi) is 23.6. The largest absolute Gasteiger partial charge is 0.507 e. The van der Waals surface area contributed by atoms with Gasteiger partial charge in [0.05, 0.1) is 48.3 Å². The smallest absolute Gasteiger partial charge is 0.410 e. The Morgan fingerprint density at radius 3 is 2.16 bits per heavy atom. The van der Waals surface area contributed by atoms with Gasteiger partial charge in [-0.1, -0.05) is 44.5 Å². The summed E-state index contributed by atoms with van der Waals surface area (Å²) in [6.45, 7) is 6.64. The van der Waals surface area contributed by atoms with Crippen LogP contribution in [-0.4, -0.2) is 238 Å². The minimum absolute atomic E-state index is 0.00373. The first-order valence-corrected chi connectivity index (χ1v) is 33.6. The maximum absolute atomic E-state index is 14.4. The minimum atomic E-state index is -2.45. The van der Waals surface area contributed by atoms with Crippen LogP contribution in [0.1, 0.15) is 135 Å². The molecule has 544 valence electrons. The van der Waals surface area contributed by atoms with E-state index in [4.69, 9.17) is 37.9 Å². The van der Waals surface area contributed by atoms with E-state index >= 15 is 0 Å². The highest BCUT2D eigenvalue weighted by Crippen LogP contribution is 2.53. The summed E-state index contributed by atoms with van der Waals surface area (Å²) in [6, 6.07) is 6.90. The minimum Gasteiger partial charge on any atom is -0.507 e. The number of anilines is 1. The molecule has 32 nitrogen and oxygen atoms in total. The molecule has 0 unspecified atom stereocenters. The fourth-order valence-corrected chi connectivity index (χ4v) is 13.7. The van der Waals surface area contributed by atoms with Crippen molar-refractivity contribution in [2.45, 2.75) is 165 Å². The Balaban J connectivity index is 0.701. The number of phenolic OH excluding ortho intramolecular Hbond substituents is 2. The average molecular weight is 1410 g/mol. The summed E-state index contributed by atoms with van der Waals surface area (Å²) in [5, 5.41) is 66.1. The number of unbranched alkanes of at least 4 members (excludes halogenated alkanes) is 2. The van der Waals surface area contributed by atoms with Gasteiger partial charge < -0.3 is 89.4 Å². The number of nitrogens with zero attached hydrogens (tertiary/aromatic N) is 4. The maximum atomic E-state index is 14.4. The van der Waals surface area contributed by atoms with Crippen molar-refractivity contribution < 1.29 is 111 Å². The number of nitrogens with one attached hydrogen (secondary N) is 5. The van der Waals surface area contributed by atoms with E-state index in [1.54, 1.807) is 51.1 Å². The second-order valence-corrected chi connectivity index (χ2v) is 26.3. The van der Waals surface area contributed by atoms with Crippen molar-refractivity contribution in [2.75, 3.05) is 72.0 Å². The fraction of sp³-hybridized carbons (Fsp3) is 0.536. The Labute approximate surface area is 580 Å². The van der Waals surface area contributed by atoms with E-state index in [0.717, 1.165) is 4.90 Å². The predicted molar refractivity (Wildman–Crippen MR) is 351 cm³/mol. The summed E-state index contributed by atoms with van der Waals surface area (Å²) < 4.78 is 47.4. The molecule has 5 aliphatic heterocycles. The number of benzene rings is 3. The lowest BCUT2D eigenvalue weighted by Gasteiger charge is -2.43. The number of fused-ring (bicyclic) bond motifs is 6. The molecule has 101 heavy (non-hydrogen) atoms. The van der Waals surface area contributed by atoms with Crippen molar-refractivity contribution in [1.82, 2.24) is 35.6 Å². The number of carbonyl (C=O) groups excluding carboxylic acids is 10. The number of ether oxygens (including phenoxy) is 8. The van der Waals surface area contributed by atoms with Gasteiger partial charge >= 0.3 is 18.2 Å². The van der Waals surface area contributed by atoms with Crippen LogP contribution >= 0.6 is 0 Å². The van der Waals surface area contributed by atoms with Crippen LogP contribution in [0.5, 0.6) is 17.2 Å². The van der Waals surface area contributed by atoms with E-state index in [9.17, 15) is 78.6 Å². The molecule has 11 atom stereocenters. The van der Waals surface area contributed by atoms with Crippen LogP contribution in [0.3, 0.4) is 0 Å². The molecule has 5 heterocycles. The van der Waals surface area contributed by atoms with E-state index in [0.29, 0.717) is 43.7 Å². The van der Waals surface area contributed by atoms with Gasteiger partial charge in [-0.15, -0.1) is 0 Å². The van der Waals surface area contributed by atoms with Crippen LogP contribution in [-0.2, 0) is 84.5 Å². The number of ketones is 2. The highest BCUT2D eigenvalue weighted by molar-refractivity contribution is 6.32. The second kappa shape index (κ2) is 32.0. The number of Topliss-reactive ketones (excluding diaryl/α,β-unsaturated/α-hetero) is 1. The highest BCUT2D eigenvalue weighted by Gasteiger charge is 2.55. The van der Waals surface area contributed by atoms with Gasteiger partial charge in [0.25, 0.3) is 11.8 Å². The van der Waals surface area contributed by atoms with E-state index in [1.165, 1.54) is 55.2 Å². The van der Waals surface area contributed by atoms with E-state index < -0.39 is 175 Å². The molecule has 4 fully saturated rings. The number of carboxylic acid groups (broad SMARTS) is 1. The number of aliphatic carboxylic acids is 1. The van der Waals surface area contributed by atoms with E-state index in [-0.39, 0.29) is 110 Å². The van der Waals surface area contributed by atoms with Gasteiger partial charge in [-0.2, -0.15) is 0 Å². The van der Waals surface area contributed by atoms with Crippen molar-refractivity contribution in [2.24, 2.45) is 5.92 Å². The molecule has 0 aromatic heterocycles. The molecule has 0 bridgehead atoms. The summed E-state index contributed by atoms with van der Waals surface area (Å²) in [6.07, 6.45) is -4.26. The predicted octanol–water partition coefficient (Wildman–Crippen LogP) is 2.80. The molecule has 10 rings (SSSR count). The Hall–Kier alpha value is -9.44. The standard InChI is InChI=1S/C69H85N9O23/c1-35(2)57(74-63(89)42(19-22-50(83)84)73-47(80)14-8-7-9-25-78-48(81)20-21-49(78)82)64(90)71-36(3)62(88)72-39-17-15-38(16-18-39)33-97-67(91)75-23-11-24-76(27-26-75)68(92)98-34-46(79)69(93)31-41-53(60(87)54-55(59(41)86)58(85)40-12-10-13-44(94-5)52(40)56(54)70)45(32-69)100-51-30-43-61(37(4)99-51)101-65-66(95-6)96-29-28-77(43)65/h10,12-13,15-18,20-21,35-37,42-43,45,51,57,61,65-66,70,86-87,93H,7-9,11,14,19,22-34H2,1-6H3,(H,71,90)(H,72,88)(H,73,80)(H,74,89)(H,83,84)/t36-,37-,42-,43-,45-,51-,57-,61+,65+,66-,69-/m0/s1. The fourth-order valence-electron chi connectivity index (χ4n) is 13.7. The number of methoxy groups -OCH3 is 2. The van der Waals surface area contributed by atoms with Gasteiger partial charge in [0.2, 0.25) is 29.4 Å². The Morgan fingerprint density at radius 1 is 0.782 bits per heavy atom. The number of imide groups is 1. The normalized spacial score (nSPS) is 24.0. The first-order valence-electron chi connectivity index (χ1n) is 33.6. The lowest BCUT2D eigenvalue weighted by atomic mass is 9.71. The number of rotatable bonds is 26. The number of carbonyl (C=O) groups is 11. The number of morpholine rings is 1. The summed E-state index contributed by atoms with van der Waals surface area (Å²) >= 11 is 0. The molecule has 4 saturated heterocycles. The monoisotopic (exact) mass is 1410 g/mol. The molecule has 0 radical (unpaired) electrons. The number of aliphatic hydroxyl groups is 1. The number of hydrogen-bond donors (Lipinski definition) is 9. The quantitative estimate of drug-likeness (QED) is 0.0248. The summed E-state index contributed by atoms with van der Waals surface area (Å²) in [5.74, 6) is -8.16. The van der Waals surface area contributed by atoms with Crippen LogP contribution in [0.4, 0.5) is 15.3 Å². The molecule has 32 heteroatoms. The third kappa shape index (κ3) is 16.5. The average Bonchev–Trinajstić information content (AvgIpc) is 1.30. The van der Waals surface area contributed by atoms with Crippen LogP contribution in [0.15, 0.2) is 54.6 Å². The molecule has 3 aromatic carbocycles. The molecule has 3 aromatic rings. The number of aromatic hydroxyl groups is 2. The zero-order valence-electron chi connectivity index (χ0n) is 56.8. The lowest BCUT2D eigenvalue weighted by molar-refractivity contribution is -0.256. The summed E-state index contributed by atoms with van der Waals surface area (Å²) in [5.41, 5.74) is -2.86. The zero-order chi connectivity index (χ0) is 72.7. The molecule has 7 aliphatic rings. The SMILES string of the molecule is COc1cccc2c1C(=N)c1c(O)c3c(c(O)c1C2=O)C[C@@](O)(C(=O)COC(=O)N1CCCN(C(=O)OCc2ccc(NC(=O)[C@H](C)NC(=O)[C@@H](NC(=O)[C@H](CCC(=O)O)NC(=O)CCCCCN4C(=O)C=CC4=O)C(C)C)cc2)CC1)C[C@@H]3O[C@H]1C[C@H]2[C@H](O[C@@H]3[C@@H](OC)OCCN32)[C@H](C)O1. The van der Waals surface area contributed by atoms with Gasteiger partial charge in [-0.3, -0.25) is 58.4 Å². The van der Waals surface area contributed by atoms with E-state index in [1.807, 2.05) is 0 Å². The molecule has 0 saturated carbocycles. The van der Waals surface area contributed by atoms with Crippen molar-refractivity contribution in [1.29, 1.82) is 5.41 Å². The number of carboxylic acids is 1. The third-order valence-electron chi connectivity index (χ3n) is 19.2. The Bertz CT molecular complexity index is 3750. The zero-order valence-corrected chi connectivity index (χ0v) is 56.8. The van der Waals surface area contributed by atoms with Gasteiger partial charge in [0.1, 0.15) is 53.7 Å². The van der Waals surface area contributed by atoms with Crippen molar-refractivity contribution in [3.8, 4) is 17.2 Å². The van der Waals surface area contributed by atoms with Crippen LogP contribution in [0.25, 0.3) is 0 Å². The highest BCUT2D eigenvalue weighted by atomic mass is 16.7. The van der Waals surface area contributed by atoms with Crippen molar-refractivity contribution >= 4 is 76.6 Å². The summed E-state index contributed by atoms with van der Waals surface area (Å²) in [4.78, 5) is 150.